The van der Waals surface area contributed by atoms with Crippen LogP contribution in [0.2, 0.25) is 0 Å². The largest absolute Gasteiger partial charge is 0.490 e. The number of hydrogen-bond donors (Lipinski definition) is 2. The molecule has 2 heterocycles. The van der Waals surface area contributed by atoms with Gasteiger partial charge in [0, 0.05) is 6.42 Å². The fraction of sp³-hybridized carbons (Fsp3) is 0.500. The predicted octanol–water partition coefficient (Wildman–Crippen LogP) is 1.34. The Labute approximate surface area is 124 Å². The number of carbonyl (C=O) groups excluding carboxylic acids is 2. The van der Waals surface area contributed by atoms with Gasteiger partial charge in [0.25, 0.3) is 0 Å². The smallest absolute Gasteiger partial charge is 0.234 e. The monoisotopic (exact) mass is 288 g/mol. The average Bonchev–Trinajstić information content (AvgIpc) is 2.49. The van der Waals surface area contributed by atoms with Crippen molar-refractivity contribution in [2.24, 2.45) is 0 Å². The second-order valence-electron chi connectivity index (χ2n) is 5.64. The summed E-state index contributed by atoms with van der Waals surface area (Å²) in [6, 6.07) is 7.69. The van der Waals surface area contributed by atoms with Crippen LogP contribution in [0.5, 0.6) is 5.75 Å². The summed E-state index contributed by atoms with van der Waals surface area (Å²) in [5.74, 6) is 0.244. The van der Waals surface area contributed by atoms with Crippen LogP contribution < -0.4 is 15.4 Å². The van der Waals surface area contributed by atoms with Gasteiger partial charge in [-0.05, 0) is 50.0 Å². The first kappa shape index (κ1) is 14.1. The molecule has 5 nitrogen and oxygen atoms in total. The van der Waals surface area contributed by atoms with E-state index in [4.69, 9.17) is 4.74 Å². The molecule has 21 heavy (non-hydrogen) atoms. The number of hydrogen-bond acceptors (Lipinski definition) is 4. The van der Waals surface area contributed by atoms with Gasteiger partial charge in [0.05, 0.1) is 5.92 Å². The highest BCUT2D eigenvalue weighted by Gasteiger charge is 2.27. The van der Waals surface area contributed by atoms with E-state index in [2.05, 4.69) is 10.6 Å². The molecule has 2 aliphatic heterocycles. The maximum absolute atomic E-state index is 11.8. The van der Waals surface area contributed by atoms with Gasteiger partial charge >= 0.3 is 0 Å². The van der Waals surface area contributed by atoms with Crippen molar-refractivity contribution in [3.05, 3.63) is 29.8 Å². The zero-order valence-electron chi connectivity index (χ0n) is 11.9. The molecule has 2 fully saturated rings. The van der Waals surface area contributed by atoms with E-state index < -0.39 is 0 Å². The van der Waals surface area contributed by atoms with Crippen molar-refractivity contribution < 1.29 is 14.3 Å². The van der Waals surface area contributed by atoms with E-state index in [1.54, 1.807) is 0 Å². The highest BCUT2D eigenvalue weighted by Crippen LogP contribution is 2.27. The summed E-state index contributed by atoms with van der Waals surface area (Å²) in [6.45, 7) is 2.00. The van der Waals surface area contributed by atoms with Gasteiger partial charge in [-0.2, -0.15) is 0 Å². The van der Waals surface area contributed by atoms with Crippen molar-refractivity contribution in [3.8, 4) is 5.75 Å². The normalized spacial score (nSPS) is 23.7. The van der Waals surface area contributed by atoms with E-state index in [-0.39, 0.29) is 23.8 Å². The summed E-state index contributed by atoms with van der Waals surface area (Å²) in [5, 5.41) is 5.70. The number of carbonyl (C=O) groups is 2. The van der Waals surface area contributed by atoms with Gasteiger partial charge < -0.3 is 10.1 Å². The summed E-state index contributed by atoms with van der Waals surface area (Å²) < 4.78 is 5.95. The molecule has 0 aromatic heterocycles. The summed E-state index contributed by atoms with van der Waals surface area (Å²) in [5.41, 5.74) is 0.942. The van der Waals surface area contributed by atoms with Crippen molar-refractivity contribution in [1.82, 2.24) is 10.6 Å². The van der Waals surface area contributed by atoms with E-state index >= 15 is 0 Å². The van der Waals surface area contributed by atoms with Crippen LogP contribution in [-0.4, -0.2) is 31.0 Å². The molecule has 1 aromatic carbocycles. The minimum absolute atomic E-state index is 0.179. The lowest BCUT2D eigenvalue weighted by atomic mass is 9.90. The molecule has 0 spiro atoms. The van der Waals surface area contributed by atoms with Crippen LogP contribution in [0.15, 0.2) is 24.3 Å². The molecule has 0 bridgehead atoms. The Morgan fingerprint density at radius 1 is 1.00 bits per heavy atom. The zero-order valence-corrected chi connectivity index (χ0v) is 11.9. The van der Waals surface area contributed by atoms with Crippen molar-refractivity contribution in [2.75, 3.05) is 13.1 Å². The highest BCUT2D eigenvalue weighted by molar-refractivity contribution is 6.00. The Bertz CT molecular complexity index is 521. The number of nitrogens with one attached hydrogen (secondary N) is 2. The van der Waals surface area contributed by atoms with Gasteiger partial charge in [-0.25, -0.2) is 0 Å². The molecule has 5 heteroatoms. The minimum atomic E-state index is -0.226. The fourth-order valence-corrected chi connectivity index (χ4v) is 2.90. The summed E-state index contributed by atoms with van der Waals surface area (Å²) in [7, 11) is 0. The van der Waals surface area contributed by atoms with Gasteiger partial charge in [-0.15, -0.1) is 0 Å². The molecule has 0 aliphatic carbocycles. The predicted molar refractivity (Wildman–Crippen MR) is 78.1 cm³/mol. The third kappa shape index (κ3) is 3.42. The third-order valence-corrected chi connectivity index (χ3v) is 4.11. The average molecular weight is 288 g/mol. The SMILES string of the molecule is O=C1CC[C@H](c2ccc(OC3CCNCC3)cc2)C(=O)N1. The maximum Gasteiger partial charge on any atom is 0.234 e. The Morgan fingerprint density at radius 2 is 1.71 bits per heavy atom. The van der Waals surface area contributed by atoms with Crippen LogP contribution >= 0.6 is 0 Å². The Hall–Kier alpha value is -1.88. The topological polar surface area (TPSA) is 67.4 Å². The van der Waals surface area contributed by atoms with Gasteiger partial charge in [0.2, 0.25) is 11.8 Å². The molecular formula is C16H20N2O3. The van der Waals surface area contributed by atoms with Crippen molar-refractivity contribution in [1.29, 1.82) is 0 Å². The molecule has 3 rings (SSSR count). The van der Waals surface area contributed by atoms with Crippen molar-refractivity contribution in [3.63, 3.8) is 0 Å². The standard InChI is InChI=1S/C16H20N2O3/c19-15-6-5-14(16(20)18-15)11-1-3-12(4-2-11)21-13-7-9-17-10-8-13/h1-4,13-14,17H,5-10H2,(H,18,19,20)/t14-/m1/s1. The zero-order chi connectivity index (χ0) is 14.7. The second kappa shape index (κ2) is 6.26. The molecular weight excluding hydrogens is 268 g/mol. The molecule has 0 saturated carbocycles. The van der Waals surface area contributed by atoms with Crippen LogP contribution in [0, 0.1) is 0 Å². The van der Waals surface area contributed by atoms with Gasteiger partial charge in [0.15, 0.2) is 0 Å². The molecule has 0 unspecified atom stereocenters. The molecule has 112 valence electrons. The first-order chi connectivity index (χ1) is 10.2. The van der Waals surface area contributed by atoms with Crippen LogP contribution in [0.25, 0.3) is 0 Å². The lowest BCUT2D eigenvalue weighted by Crippen LogP contribution is -2.39. The number of rotatable bonds is 3. The molecule has 2 aliphatic rings. The quantitative estimate of drug-likeness (QED) is 0.824. The Balaban J connectivity index is 1.63. The summed E-state index contributed by atoms with van der Waals surface area (Å²) in [6.07, 6.45) is 3.31. The second-order valence-corrected chi connectivity index (χ2v) is 5.64. The Morgan fingerprint density at radius 3 is 2.38 bits per heavy atom. The first-order valence-corrected chi connectivity index (χ1v) is 7.53. The number of ether oxygens (including phenoxy) is 1. The van der Waals surface area contributed by atoms with Gasteiger partial charge in [0.1, 0.15) is 11.9 Å². The molecule has 1 atom stereocenters. The molecule has 0 radical (unpaired) electrons. The number of benzene rings is 1. The maximum atomic E-state index is 11.8. The number of imide groups is 1. The van der Waals surface area contributed by atoms with E-state index in [9.17, 15) is 9.59 Å². The number of piperidine rings is 2. The Kier molecular flexibility index (Phi) is 4.20. The highest BCUT2D eigenvalue weighted by atomic mass is 16.5. The van der Waals surface area contributed by atoms with Crippen LogP contribution in [0.1, 0.15) is 37.2 Å². The van der Waals surface area contributed by atoms with Crippen LogP contribution in [0.4, 0.5) is 0 Å². The van der Waals surface area contributed by atoms with Crippen LogP contribution in [-0.2, 0) is 9.59 Å². The minimum Gasteiger partial charge on any atom is -0.490 e. The van der Waals surface area contributed by atoms with E-state index in [1.165, 1.54) is 0 Å². The third-order valence-electron chi connectivity index (χ3n) is 4.11. The van der Waals surface area contributed by atoms with Crippen LogP contribution in [0.3, 0.4) is 0 Å². The molecule has 2 saturated heterocycles. The summed E-state index contributed by atoms with van der Waals surface area (Å²) >= 11 is 0. The lowest BCUT2D eigenvalue weighted by Gasteiger charge is -2.24. The lowest BCUT2D eigenvalue weighted by molar-refractivity contribution is -0.134. The summed E-state index contributed by atoms with van der Waals surface area (Å²) in [4.78, 5) is 23.0. The van der Waals surface area contributed by atoms with Gasteiger partial charge in [-0.1, -0.05) is 12.1 Å². The van der Waals surface area contributed by atoms with Crippen molar-refractivity contribution >= 4 is 11.8 Å². The van der Waals surface area contributed by atoms with E-state index in [0.29, 0.717) is 12.8 Å². The van der Waals surface area contributed by atoms with Gasteiger partial charge in [-0.3, -0.25) is 14.9 Å². The molecule has 2 N–H and O–H groups in total. The molecule has 1 aromatic rings. The number of amides is 2. The van der Waals surface area contributed by atoms with E-state index in [0.717, 1.165) is 37.2 Å². The van der Waals surface area contributed by atoms with E-state index in [1.807, 2.05) is 24.3 Å². The first-order valence-electron chi connectivity index (χ1n) is 7.53. The van der Waals surface area contributed by atoms with Crippen molar-refractivity contribution in [2.45, 2.75) is 37.7 Å². The fourth-order valence-electron chi connectivity index (χ4n) is 2.90. The molecule has 2 amide bonds.